The second-order valence-electron chi connectivity index (χ2n) is 15.5. The Kier molecular flexibility index (Phi) is 11.2. The van der Waals surface area contributed by atoms with E-state index in [1.54, 1.807) is 0 Å². The van der Waals surface area contributed by atoms with Crippen molar-refractivity contribution < 1.29 is 14.2 Å². The van der Waals surface area contributed by atoms with E-state index in [2.05, 4.69) is 176 Å². The van der Waals surface area contributed by atoms with Gasteiger partial charge in [0.15, 0.2) is 0 Å². The van der Waals surface area contributed by atoms with Crippen LogP contribution in [0.1, 0.15) is 88.3 Å². The number of benzene rings is 6. The topological polar surface area (TPSA) is 27.7 Å². The van der Waals surface area contributed by atoms with Gasteiger partial charge in [-0.2, -0.15) is 0 Å². The van der Waals surface area contributed by atoms with E-state index in [1.165, 1.54) is 66.8 Å². The monoisotopic (exact) mass is 714 g/mol. The zero-order valence-corrected chi connectivity index (χ0v) is 33.0. The van der Waals surface area contributed by atoms with Crippen molar-refractivity contribution in [3.63, 3.8) is 0 Å². The highest BCUT2D eigenvalue weighted by Gasteiger charge is 2.21. The van der Waals surface area contributed by atoms with E-state index in [1.807, 2.05) is 0 Å². The number of hydrogen-bond acceptors (Lipinski definition) is 3. The Hall–Kier alpha value is -5.28. The molecule has 0 aliphatic heterocycles. The summed E-state index contributed by atoms with van der Waals surface area (Å²) in [5.74, 6) is 3.50. The first kappa shape index (κ1) is 37.1. The summed E-state index contributed by atoms with van der Waals surface area (Å²) in [6.07, 6.45) is 4.89. The lowest BCUT2D eigenvalue weighted by Gasteiger charge is -2.18. The fraction of sp³-hybridized carbons (Fsp3) is 0.294. The van der Waals surface area contributed by atoms with E-state index in [0.29, 0.717) is 5.92 Å². The predicted molar refractivity (Wildman–Crippen MR) is 225 cm³/mol. The Balaban J connectivity index is 0.000000125. The molecule has 3 aliphatic rings. The van der Waals surface area contributed by atoms with Crippen LogP contribution >= 0.6 is 0 Å². The van der Waals surface area contributed by atoms with Gasteiger partial charge in [0.05, 0.1) is 18.3 Å². The highest BCUT2D eigenvalue weighted by molar-refractivity contribution is 5.79. The van der Waals surface area contributed by atoms with Gasteiger partial charge < -0.3 is 14.2 Å². The van der Waals surface area contributed by atoms with Crippen molar-refractivity contribution in [3.8, 4) is 50.6 Å². The molecule has 9 rings (SSSR count). The first-order valence-electron chi connectivity index (χ1n) is 19.8. The first-order chi connectivity index (χ1) is 26.2. The van der Waals surface area contributed by atoms with Gasteiger partial charge in [-0.15, -0.1) is 0 Å². The van der Waals surface area contributed by atoms with Gasteiger partial charge in [-0.05, 0) is 162 Å². The Bertz CT molecular complexity index is 2230. The normalized spacial score (nSPS) is 13.5. The molecule has 0 radical (unpaired) electrons. The van der Waals surface area contributed by atoms with Crippen LogP contribution in [0.4, 0.5) is 0 Å². The molecule has 6 aromatic carbocycles. The molecular formula is C51H54O3. The summed E-state index contributed by atoms with van der Waals surface area (Å²) in [5, 5.41) is 0. The Morgan fingerprint density at radius 3 is 1.13 bits per heavy atom. The minimum absolute atomic E-state index is 0.233. The summed E-state index contributed by atoms with van der Waals surface area (Å²) in [6.45, 7) is 14.9. The van der Waals surface area contributed by atoms with E-state index >= 15 is 0 Å². The van der Waals surface area contributed by atoms with E-state index < -0.39 is 0 Å². The predicted octanol–water partition coefficient (Wildman–Crippen LogP) is 13.2. The van der Waals surface area contributed by atoms with Gasteiger partial charge >= 0.3 is 0 Å². The molecule has 0 aromatic heterocycles. The largest absolute Gasteiger partial charge is 0.491 e. The van der Waals surface area contributed by atoms with Gasteiger partial charge in [0.25, 0.3) is 0 Å². The average molecular weight is 715 g/mol. The third kappa shape index (κ3) is 8.26. The number of hydrogen-bond donors (Lipinski definition) is 0. The lowest BCUT2D eigenvalue weighted by atomic mass is 10.1. The second kappa shape index (κ2) is 16.4. The van der Waals surface area contributed by atoms with Gasteiger partial charge in [0.2, 0.25) is 0 Å². The highest BCUT2D eigenvalue weighted by atomic mass is 16.5. The van der Waals surface area contributed by atoms with Gasteiger partial charge in [0, 0.05) is 0 Å². The summed E-state index contributed by atoms with van der Waals surface area (Å²) < 4.78 is 17.6. The third-order valence-corrected chi connectivity index (χ3v) is 10.8. The molecule has 0 heterocycles. The van der Waals surface area contributed by atoms with E-state index in [0.717, 1.165) is 42.9 Å². The van der Waals surface area contributed by atoms with Crippen LogP contribution in [0, 0.1) is 5.92 Å². The lowest BCUT2D eigenvalue weighted by Crippen LogP contribution is -2.18. The minimum atomic E-state index is 0.233. The molecule has 276 valence electrons. The lowest BCUT2D eigenvalue weighted by molar-refractivity contribution is 0.170. The molecule has 0 spiro atoms. The van der Waals surface area contributed by atoms with Crippen molar-refractivity contribution in [2.24, 2.45) is 5.92 Å². The maximum atomic E-state index is 6.00. The summed E-state index contributed by atoms with van der Waals surface area (Å²) in [5.41, 5.74) is 16.6. The molecule has 2 unspecified atom stereocenters. The van der Waals surface area contributed by atoms with Crippen LogP contribution in [-0.2, 0) is 19.3 Å². The maximum Gasteiger partial charge on any atom is 0.120 e. The fourth-order valence-corrected chi connectivity index (χ4v) is 7.52. The van der Waals surface area contributed by atoms with Crippen LogP contribution in [-0.4, -0.2) is 18.3 Å². The van der Waals surface area contributed by atoms with Crippen molar-refractivity contribution in [2.45, 2.75) is 92.5 Å². The molecule has 6 aromatic rings. The molecule has 3 nitrogen and oxygen atoms in total. The van der Waals surface area contributed by atoms with Crippen LogP contribution < -0.4 is 14.2 Å². The zero-order valence-electron chi connectivity index (χ0n) is 33.0. The number of ether oxygens (including phenoxy) is 3. The molecular weight excluding hydrogens is 661 g/mol. The molecule has 3 aliphatic carbocycles. The van der Waals surface area contributed by atoms with Crippen molar-refractivity contribution in [3.05, 3.63) is 161 Å². The van der Waals surface area contributed by atoms with E-state index in [-0.39, 0.29) is 18.3 Å². The second-order valence-corrected chi connectivity index (χ2v) is 15.5. The quantitative estimate of drug-likeness (QED) is 0.157. The standard InChI is InChI=1S/C18H20O.C17H18O.C16H16O/c1-12(2)13(3)19-16-8-9-18-15(11-16)10-14-6-4-5-7-17(14)18;1-3-12(2)18-15-8-9-17-14(11-15)10-13-6-4-5-7-16(13)17;1-11(2)17-14-7-8-16-13(10-14)9-12-5-3-4-6-15(12)16/h4-9,11-13H,10H2,1-3H3;4-9,11-12H,3,10H2,1-2H3;3-8,10-11H,9H2,1-2H3. The van der Waals surface area contributed by atoms with E-state index in [9.17, 15) is 0 Å². The number of fused-ring (bicyclic) bond motifs is 9. The summed E-state index contributed by atoms with van der Waals surface area (Å²) in [6, 6.07) is 45.3. The molecule has 0 saturated carbocycles. The van der Waals surface area contributed by atoms with Crippen LogP contribution in [0.2, 0.25) is 0 Å². The van der Waals surface area contributed by atoms with Crippen molar-refractivity contribution in [2.75, 3.05) is 0 Å². The van der Waals surface area contributed by atoms with Gasteiger partial charge in [0.1, 0.15) is 17.2 Å². The average Bonchev–Trinajstić information content (AvgIpc) is 3.85. The summed E-state index contributed by atoms with van der Waals surface area (Å²) in [4.78, 5) is 0. The Labute approximate surface area is 323 Å². The molecule has 0 amide bonds. The molecule has 0 N–H and O–H groups in total. The molecule has 0 fully saturated rings. The molecule has 54 heavy (non-hydrogen) atoms. The highest BCUT2D eigenvalue weighted by Crippen LogP contribution is 2.40. The third-order valence-electron chi connectivity index (χ3n) is 10.8. The summed E-state index contributed by atoms with van der Waals surface area (Å²) in [7, 11) is 0. The molecule has 2 atom stereocenters. The fourth-order valence-electron chi connectivity index (χ4n) is 7.52. The first-order valence-corrected chi connectivity index (χ1v) is 19.8. The van der Waals surface area contributed by atoms with Gasteiger partial charge in [-0.1, -0.05) is 112 Å². The van der Waals surface area contributed by atoms with Crippen LogP contribution in [0.5, 0.6) is 17.2 Å². The van der Waals surface area contributed by atoms with Crippen molar-refractivity contribution in [1.29, 1.82) is 0 Å². The molecule has 0 bridgehead atoms. The van der Waals surface area contributed by atoms with E-state index in [4.69, 9.17) is 14.2 Å². The Morgan fingerprint density at radius 2 is 0.759 bits per heavy atom. The Morgan fingerprint density at radius 1 is 0.407 bits per heavy atom. The van der Waals surface area contributed by atoms with Crippen molar-refractivity contribution >= 4 is 0 Å². The minimum Gasteiger partial charge on any atom is -0.491 e. The maximum absolute atomic E-state index is 6.00. The molecule has 3 heteroatoms. The zero-order chi connectivity index (χ0) is 37.8. The van der Waals surface area contributed by atoms with Gasteiger partial charge in [-0.3, -0.25) is 0 Å². The van der Waals surface area contributed by atoms with Crippen molar-refractivity contribution in [1.82, 2.24) is 0 Å². The summed E-state index contributed by atoms with van der Waals surface area (Å²) >= 11 is 0. The van der Waals surface area contributed by atoms with Crippen LogP contribution in [0.15, 0.2) is 127 Å². The van der Waals surface area contributed by atoms with Crippen LogP contribution in [0.25, 0.3) is 33.4 Å². The number of rotatable bonds is 8. The van der Waals surface area contributed by atoms with Gasteiger partial charge in [-0.25, -0.2) is 0 Å². The molecule has 0 saturated heterocycles. The smallest absolute Gasteiger partial charge is 0.120 e. The van der Waals surface area contributed by atoms with Crippen LogP contribution in [0.3, 0.4) is 0 Å². The SMILES string of the molecule is CC(C)C(C)Oc1ccc2c(c1)Cc1ccccc1-2.CC(C)Oc1ccc2c(c1)Cc1ccccc1-2.CCC(C)Oc1ccc2c(c1)Cc1ccccc1-2.